The van der Waals surface area contributed by atoms with Gasteiger partial charge in [-0.1, -0.05) is 18.2 Å². The lowest BCUT2D eigenvalue weighted by atomic mass is 10.1. The molecule has 0 aliphatic rings. The van der Waals surface area contributed by atoms with E-state index in [9.17, 15) is 0 Å². The molecule has 0 bridgehead atoms. The normalized spacial score (nSPS) is 10.1. The minimum atomic E-state index is 0.493. The summed E-state index contributed by atoms with van der Waals surface area (Å²) in [6.45, 7) is 0.598. The lowest BCUT2D eigenvalue weighted by molar-refractivity contribution is 0.454. The van der Waals surface area contributed by atoms with Gasteiger partial charge in [0, 0.05) is 12.4 Å². The number of aromatic nitrogens is 2. The van der Waals surface area contributed by atoms with Crippen LogP contribution in [0.2, 0.25) is 0 Å². The van der Waals surface area contributed by atoms with Gasteiger partial charge in [0.1, 0.15) is 5.75 Å². The summed E-state index contributed by atoms with van der Waals surface area (Å²) < 4.78 is 5.63. The molecule has 1 aromatic heterocycles. The van der Waals surface area contributed by atoms with Crippen LogP contribution in [-0.2, 0) is 6.42 Å². The van der Waals surface area contributed by atoms with Crippen molar-refractivity contribution in [3.8, 4) is 11.6 Å². The Morgan fingerprint density at radius 2 is 2.06 bits per heavy atom. The summed E-state index contributed by atoms with van der Waals surface area (Å²) in [6, 6.07) is 7.79. The minimum Gasteiger partial charge on any atom is -0.437 e. The lowest BCUT2D eigenvalue weighted by Crippen LogP contribution is -2.04. The fourth-order valence-corrected chi connectivity index (χ4v) is 1.42. The molecule has 0 aliphatic carbocycles. The maximum Gasteiger partial charge on any atom is 0.237 e. The first kappa shape index (κ1) is 10.6. The predicted molar refractivity (Wildman–Crippen MR) is 61.3 cm³/mol. The number of rotatable bonds is 4. The van der Waals surface area contributed by atoms with Gasteiger partial charge in [0.05, 0.1) is 6.20 Å². The highest BCUT2D eigenvalue weighted by molar-refractivity contribution is 5.35. The van der Waals surface area contributed by atoms with Crippen LogP contribution >= 0.6 is 0 Å². The van der Waals surface area contributed by atoms with Gasteiger partial charge in [0.2, 0.25) is 5.88 Å². The molecule has 2 rings (SSSR count). The molecule has 1 heterocycles. The van der Waals surface area contributed by atoms with Crippen LogP contribution in [0.3, 0.4) is 0 Å². The number of para-hydroxylation sites is 1. The van der Waals surface area contributed by atoms with Gasteiger partial charge in [-0.25, -0.2) is 4.98 Å². The molecule has 0 fully saturated rings. The van der Waals surface area contributed by atoms with Gasteiger partial charge in [-0.15, -0.1) is 0 Å². The van der Waals surface area contributed by atoms with Gasteiger partial charge in [-0.3, -0.25) is 4.98 Å². The molecule has 0 amide bonds. The van der Waals surface area contributed by atoms with Crippen LogP contribution < -0.4 is 10.5 Å². The van der Waals surface area contributed by atoms with Crippen molar-refractivity contribution in [1.82, 2.24) is 9.97 Å². The van der Waals surface area contributed by atoms with Crippen LogP contribution in [0.5, 0.6) is 11.6 Å². The molecular formula is C12H13N3O. The third-order valence-corrected chi connectivity index (χ3v) is 2.14. The number of hydrogen-bond donors (Lipinski definition) is 1. The van der Waals surface area contributed by atoms with E-state index in [1.54, 1.807) is 18.6 Å². The number of benzene rings is 1. The van der Waals surface area contributed by atoms with E-state index in [1.165, 1.54) is 0 Å². The first-order valence-corrected chi connectivity index (χ1v) is 5.12. The molecule has 0 saturated carbocycles. The molecule has 82 valence electrons. The molecule has 2 N–H and O–H groups in total. The highest BCUT2D eigenvalue weighted by Gasteiger charge is 2.03. The summed E-state index contributed by atoms with van der Waals surface area (Å²) in [5, 5.41) is 0. The van der Waals surface area contributed by atoms with E-state index < -0.39 is 0 Å². The van der Waals surface area contributed by atoms with Crippen LogP contribution in [0, 0.1) is 0 Å². The van der Waals surface area contributed by atoms with Crippen LogP contribution in [0.1, 0.15) is 5.56 Å². The van der Waals surface area contributed by atoms with Crippen molar-refractivity contribution in [2.45, 2.75) is 6.42 Å². The Balaban J connectivity index is 2.21. The zero-order valence-corrected chi connectivity index (χ0v) is 8.84. The van der Waals surface area contributed by atoms with Crippen LogP contribution in [0.25, 0.3) is 0 Å². The van der Waals surface area contributed by atoms with Crippen LogP contribution in [0.15, 0.2) is 42.9 Å². The Kier molecular flexibility index (Phi) is 3.46. The lowest BCUT2D eigenvalue weighted by Gasteiger charge is -2.08. The van der Waals surface area contributed by atoms with E-state index in [1.807, 2.05) is 24.3 Å². The highest BCUT2D eigenvalue weighted by Crippen LogP contribution is 2.23. The smallest absolute Gasteiger partial charge is 0.237 e. The average Bonchev–Trinajstić information content (AvgIpc) is 2.33. The predicted octanol–water partition coefficient (Wildman–Crippen LogP) is 1.77. The molecule has 0 radical (unpaired) electrons. The van der Waals surface area contributed by atoms with Crippen LogP contribution in [-0.4, -0.2) is 16.5 Å². The van der Waals surface area contributed by atoms with Crippen molar-refractivity contribution in [1.29, 1.82) is 0 Å². The monoisotopic (exact) mass is 215 g/mol. The zero-order chi connectivity index (χ0) is 11.2. The summed E-state index contributed by atoms with van der Waals surface area (Å²) >= 11 is 0. The summed E-state index contributed by atoms with van der Waals surface area (Å²) in [4.78, 5) is 8.00. The molecule has 16 heavy (non-hydrogen) atoms. The molecule has 0 saturated heterocycles. The Morgan fingerprint density at radius 3 is 2.81 bits per heavy atom. The van der Waals surface area contributed by atoms with Crippen LogP contribution in [0.4, 0.5) is 0 Å². The van der Waals surface area contributed by atoms with Gasteiger partial charge in [0.25, 0.3) is 0 Å². The second kappa shape index (κ2) is 5.23. The summed E-state index contributed by atoms with van der Waals surface area (Å²) in [6.07, 6.45) is 5.58. The Hall–Kier alpha value is -1.94. The first-order valence-electron chi connectivity index (χ1n) is 5.12. The van der Waals surface area contributed by atoms with Crippen molar-refractivity contribution in [3.63, 3.8) is 0 Å². The zero-order valence-electron chi connectivity index (χ0n) is 8.84. The molecule has 4 nitrogen and oxygen atoms in total. The number of nitrogens with zero attached hydrogens (tertiary/aromatic N) is 2. The van der Waals surface area contributed by atoms with Crippen molar-refractivity contribution in [2.75, 3.05) is 6.54 Å². The molecule has 0 unspecified atom stereocenters. The first-order chi connectivity index (χ1) is 7.90. The number of nitrogens with two attached hydrogens (primary N) is 1. The number of ether oxygens (including phenoxy) is 1. The molecular weight excluding hydrogens is 202 g/mol. The molecule has 0 aliphatic heterocycles. The maximum atomic E-state index is 5.63. The van der Waals surface area contributed by atoms with E-state index in [0.717, 1.165) is 17.7 Å². The molecule has 4 heteroatoms. The Bertz CT molecular complexity index is 445. The van der Waals surface area contributed by atoms with Crippen molar-refractivity contribution in [2.24, 2.45) is 5.73 Å². The van der Waals surface area contributed by atoms with E-state index in [-0.39, 0.29) is 0 Å². The standard InChI is InChI=1S/C12H13N3O/c13-6-5-10-3-1-2-4-11(10)16-12-9-14-7-8-15-12/h1-4,7-9H,5-6,13H2. The largest absolute Gasteiger partial charge is 0.437 e. The SMILES string of the molecule is NCCc1ccccc1Oc1cnccn1. The second-order valence-electron chi connectivity index (χ2n) is 3.29. The quantitative estimate of drug-likeness (QED) is 0.844. The van der Waals surface area contributed by atoms with E-state index in [2.05, 4.69) is 9.97 Å². The third-order valence-electron chi connectivity index (χ3n) is 2.14. The second-order valence-corrected chi connectivity index (χ2v) is 3.29. The van der Waals surface area contributed by atoms with Gasteiger partial charge in [-0.05, 0) is 24.6 Å². The van der Waals surface area contributed by atoms with Gasteiger partial charge < -0.3 is 10.5 Å². The minimum absolute atomic E-state index is 0.493. The van der Waals surface area contributed by atoms with Crippen molar-refractivity contribution < 1.29 is 4.74 Å². The Labute approximate surface area is 94.1 Å². The van der Waals surface area contributed by atoms with E-state index in [4.69, 9.17) is 10.5 Å². The molecule has 2 aromatic rings. The summed E-state index contributed by atoms with van der Waals surface area (Å²) in [7, 11) is 0. The van der Waals surface area contributed by atoms with E-state index >= 15 is 0 Å². The number of hydrogen-bond acceptors (Lipinski definition) is 4. The highest BCUT2D eigenvalue weighted by atomic mass is 16.5. The Morgan fingerprint density at radius 1 is 1.19 bits per heavy atom. The third kappa shape index (κ3) is 2.55. The maximum absolute atomic E-state index is 5.63. The van der Waals surface area contributed by atoms with Gasteiger partial charge in [-0.2, -0.15) is 0 Å². The van der Waals surface area contributed by atoms with Crippen molar-refractivity contribution in [3.05, 3.63) is 48.4 Å². The van der Waals surface area contributed by atoms with Gasteiger partial charge >= 0.3 is 0 Å². The summed E-state index contributed by atoms with van der Waals surface area (Å²) in [5.41, 5.74) is 6.62. The summed E-state index contributed by atoms with van der Waals surface area (Å²) in [5.74, 6) is 1.28. The topological polar surface area (TPSA) is 61.0 Å². The fourth-order valence-electron chi connectivity index (χ4n) is 1.42. The van der Waals surface area contributed by atoms with Gasteiger partial charge in [0.15, 0.2) is 0 Å². The van der Waals surface area contributed by atoms with Crippen molar-refractivity contribution >= 4 is 0 Å². The molecule has 0 spiro atoms. The fraction of sp³-hybridized carbons (Fsp3) is 0.167. The van der Waals surface area contributed by atoms with E-state index in [0.29, 0.717) is 12.4 Å². The average molecular weight is 215 g/mol. The molecule has 0 atom stereocenters. The molecule has 1 aromatic carbocycles.